The maximum Gasteiger partial charge on any atom is 0.230 e. The number of amides is 1. The van der Waals surface area contributed by atoms with Crippen molar-refractivity contribution in [1.29, 1.82) is 0 Å². The maximum absolute atomic E-state index is 12.8. The molecule has 1 saturated heterocycles. The Bertz CT molecular complexity index is 267. The van der Waals surface area contributed by atoms with Crippen LogP contribution in [0.3, 0.4) is 0 Å². The van der Waals surface area contributed by atoms with Crippen molar-refractivity contribution in [1.82, 2.24) is 4.90 Å². The summed E-state index contributed by atoms with van der Waals surface area (Å²) in [5, 5.41) is 9.17. The molecule has 4 heteroatoms. The second-order valence-corrected chi connectivity index (χ2v) is 5.90. The molecule has 0 aromatic carbocycles. The van der Waals surface area contributed by atoms with Crippen molar-refractivity contribution in [2.75, 3.05) is 26.2 Å². The molecule has 0 atom stereocenters. The predicted molar refractivity (Wildman–Crippen MR) is 77.7 cm³/mol. The van der Waals surface area contributed by atoms with Crippen LogP contribution in [-0.2, 0) is 4.79 Å². The van der Waals surface area contributed by atoms with Crippen LogP contribution in [0.5, 0.6) is 0 Å². The van der Waals surface area contributed by atoms with Crippen LogP contribution in [-0.4, -0.2) is 42.2 Å². The summed E-state index contributed by atoms with van der Waals surface area (Å²) < 4.78 is 0. The number of nitrogens with zero attached hydrogens (tertiary/aromatic N) is 1. The summed E-state index contributed by atoms with van der Waals surface area (Å²) in [5.74, 6) is 0.615. The molecule has 112 valence electrons. The molecule has 0 unspecified atom stereocenters. The molecule has 1 heterocycles. The Kier molecular flexibility index (Phi) is 6.80. The highest BCUT2D eigenvalue weighted by atomic mass is 16.3. The summed E-state index contributed by atoms with van der Waals surface area (Å²) in [4.78, 5) is 14.8. The van der Waals surface area contributed by atoms with E-state index in [-0.39, 0.29) is 17.9 Å². The zero-order chi connectivity index (χ0) is 14.3. The molecular weight excluding hydrogens is 240 g/mol. The first-order chi connectivity index (χ1) is 9.13. The van der Waals surface area contributed by atoms with Crippen molar-refractivity contribution in [2.45, 2.75) is 52.4 Å². The smallest absolute Gasteiger partial charge is 0.230 e. The van der Waals surface area contributed by atoms with Crippen LogP contribution < -0.4 is 5.73 Å². The highest BCUT2D eigenvalue weighted by Crippen LogP contribution is 2.32. The van der Waals surface area contributed by atoms with Crippen molar-refractivity contribution in [2.24, 2.45) is 17.1 Å². The molecule has 1 aliphatic rings. The summed E-state index contributed by atoms with van der Waals surface area (Å²) in [5.41, 5.74) is 5.60. The number of rotatable bonds is 7. The second kappa shape index (κ2) is 7.85. The number of piperidine rings is 1. The normalized spacial score (nSPS) is 17.8. The highest BCUT2D eigenvalue weighted by molar-refractivity contribution is 5.83. The van der Waals surface area contributed by atoms with Gasteiger partial charge in [0.05, 0.1) is 5.41 Å². The van der Waals surface area contributed by atoms with Gasteiger partial charge in [0.15, 0.2) is 0 Å². The molecule has 0 aromatic heterocycles. The number of carbonyl (C=O) groups excluding carboxylic acids is 1. The van der Waals surface area contributed by atoms with Gasteiger partial charge in [-0.3, -0.25) is 4.79 Å². The van der Waals surface area contributed by atoms with E-state index in [1.165, 1.54) is 0 Å². The van der Waals surface area contributed by atoms with Gasteiger partial charge in [-0.05, 0) is 31.6 Å². The summed E-state index contributed by atoms with van der Waals surface area (Å²) in [6, 6.07) is 0. The number of hydrogen-bond acceptors (Lipinski definition) is 3. The molecule has 1 rings (SSSR count). The Morgan fingerprint density at radius 1 is 1.26 bits per heavy atom. The number of carbonyl (C=O) groups is 1. The van der Waals surface area contributed by atoms with Crippen molar-refractivity contribution < 1.29 is 9.90 Å². The highest BCUT2D eigenvalue weighted by Gasteiger charge is 2.39. The third kappa shape index (κ3) is 3.93. The molecular formula is C15H30N2O2. The average molecular weight is 270 g/mol. The fourth-order valence-corrected chi connectivity index (χ4v) is 3.24. The number of hydrogen-bond donors (Lipinski definition) is 2. The average Bonchev–Trinajstić information content (AvgIpc) is 2.46. The van der Waals surface area contributed by atoms with Crippen LogP contribution in [0.15, 0.2) is 0 Å². The Hall–Kier alpha value is -0.610. The third-order valence-corrected chi connectivity index (χ3v) is 4.46. The van der Waals surface area contributed by atoms with Gasteiger partial charge in [0.2, 0.25) is 5.91 Å². The monoisotopic (exact) mass is 270 g/mol. The van der Waals surface area contributed by atoms with Crippen molar-refractivity contribution >= 4 is 5.91 Å². The van der Waals surface area contributed by atoms with E-state index in [1.807, 2.05) is 4.90 Å². The van der Waals surface area contributed by atoms with Gasteiger partial charge in [-0.1, -0.05) is 26.7 Å². The Balaban J connectivity index is 2.71. The lowest BCUT2D eigenvalue weighted by atomic mass is 9.77. The van der Waals surface area contributed by atoms with Crippen LogP contribution in [0, 0.1) is 11.3 Å². The lowest BCUT2D eigenvalue weighted by molar-refractivity contribution is -0.144. The van der Waals surface area contributed by atoms with Crippen LogP contribution in [0.4, 0.5) is 0 Å². The molecule has 1 aliphatic heterocycles. The summed E-state index contributed by atoms with van der Waals surface area (Å²) in [6.07, 6.45) is 5.60. The van der Waals surface area contributed by atoms with E-state index in [2.05, 4.69) is 13.8 Å². The van der Waals surface area contributed by atoms with Crippen molar-refractivity contribution in [3.05, 3.63) is 0 Å². The molecule has 0 spiro atoms. The van der Waals surface area contributed by atoms with Gasteiger partial charge in [0, 0.05) is 26.2 Å². The van der Waals surface area contributed by atoms with Gasteiger partial charge in [0.1, 0.15) is 0 Å². The van der Waals surface area contributed by atoms with Crippen molar-refractivity contribution in [3.63, 3.8) is 0 Å². The van der Waals surface area contributed by atoms with E-state index in [0.29, 0.717) is 12.5 Å². The first-order valence-electron chi connectivity index (χ1n) is 7.73. The molecule has 0 aliphatic carbocycles. The zero-order valence-electron chi connectivity index (χ0n) is 12.5. The van der Waals surface area contributed by atoms with Crippen LogP contribution >= 0.6 is 0 Å². The Morgan fingerprint density at radius 3 is 2.16 bits per heavy atom. The molecule has 0 bridgehead atoms. The van der Waals surface area contributed by atoms with Gasteiger partial charge in [-0.25, -0.2) is 0 Å². The van der Waals surface area contributed by atoms with Gasteiger partial charge < -0.3 is 15.7 Å². The third-order valence-electron chi connectivity index (χ3n) is 4.46. The molecule has 0 saturated carbocycles. The van der Waals surface area contributed by atoms with E-state index in [0.717, 1.165) is 51.6 Å². The topological polar surface area (TPSA) is 66.6 Å². The van der Waals surface area contributed by atoms with Crippen LogP contribution in [0.1, 0.15) is 52.4 Å². The predicted octanol–water partition coefficient (Wildman–Crippen LogP) is 1.76. The molecule has 1 fully saturated rings. The SMILES string of the molecule is CCCC(CN)(CCC)C(=O)N1CCC(CO)CC1. The maximum atomic E-state index is 12.8. The molecule has 0 radical (unpaired) electrons. The lowest BCUT2D eigenvalue weighted by Crippen LogP contribution is -2.50. The summed E-state index contributed by atoms with van der Waals surface area (Å²) in [7, 11) is 0. The van der Waals surface area contributed by atoms with Gasteiger partial charge in [0.25, 0.3) is 0 Å². The van der Waals surface area contributed by atoms with E-state index in [1.54, 1.807) is 0 Å². The van der Waals surface area contributed by atoms with Gasteiger partial charge >= 0.3 is 0 Å². The van der Waals surface area contributed by atoms with E-state index >= 15 is 0 Å². The number of likely N-dealkylation sites (tertiary alicyclic amines) is 1. The van der Waals surface area contributed by atoms with Gasteiger partial charge in [-0.2, -0.15) is 0 Å². The van der Waals surface area contributed by atoms with E-state index < -0.39 is 0 Å². The first-order valence-corrected chi connectivity index (χ1v) is 7.73. The summed E-state index contributed by atoms with van der Waals surface area (Å²) >= 11 is 0. The standard InChI is InChI=1S/C15H30N2O2/c1-3-7-15(12-16,8-4-2)14(19)17-9-5-13(11-18)6-10-17/h13,18H,3-12,16H2,1-2H3. The largest absolute Gasteiger partial charge is 0.396 e. The molecule has 0 aromatic rings. The number of nitrogens with two attached hydrogens (primary N) is 1. The lowest BCUT2D eigenvalue weighted by Gasteiger charge is -2.39. The Morgan fingerprint density at radius 2 is 1.79 bits per heavy atom. The number of aliphatic hydroxyl groups excluding tert-OH is 1. The second-order valence-electron chi connectivity index (χ2n) is 5.90. The van der Waals surface area contributed by atoms with Gasteiger partial charge in [-0.15, -0.1) is 0 Å². The Labute approximate surface area is 117 Å². The van der Waals surface area contributed by atoms with E-state index in [9.17, 15) is 4.79 Å². The minimum atomic E-state index is -0.352. The molecule has 19 heavy (non-hydrogen) atoms. The van der Waals surface area contributed by atoms with E-state index in [4.69, 9.17) is 10.8 Å². The quantitative estimate of drug-likeness (QED) is 0.741. The summed E-state index contributed by atoms with van der Waals surface area (Å²) in [6.45, 7) is 6.48. The fourth-order valence-electron chi connectivity index (χ4n) is 3.24. The fraction of sp³-hybridized carbons (Fsp3) is 0.933. The minimum absolute atomic E-state index is 0.244. The zero-order valence-corrected chi connectivity index (χ0v) is 12.5. The van der Waals surface area contributed by atoms with Crippen LogP contribution in [0.2, 0.25) is 0 Å². The molecule has 1 amide bonds. The first kappa shape index (κ1) is 16.4. The number of aliphatic hydroxyl groups is 1. The molecule has 3 N–H and O–H groups in total. The van der Waals surface area contributed by atoms with Crippen molar-refractivity contribution in [3.8, 4) is 0 Å². The minimum Gasteiger partial charge on any atom is -0.396 e. The van der Waals surface area contributed by atoms with Crippen LogP contribution in [0.25, 0.3) is 0 Å². The molecule has 4 nitrogen and oxygen atoms in total.